The van der Waals surface area contributed by atoms with Crippen LogP contribution in [0.3, 0.4) is 0 Å². The van der Waals surface area contributed by atoms with Gasteiger partial charge in [-0.15, -0.1) is 0 Å². The predicted octanol–water partition coefficient (Wildman–Crippen LogP) is 4.28. The minimum Gasteiger partial charge on any atom is -0.489 e. The highest BCUT2D eigenvalue weighted by Crippen LogP contribution is 2.38. The van der Waals surface area contributed by atoms with Gasteiger partial charge in [0.05, 0.1) is 23.6 Å². The maximum atomic E-state index is 14.7. The van der Waals surface area contributed by atoms with E-state index in [9.17, 15) is 9.65 Å². The highest BCUT2D eigenvalue weighted by Gasteiger charge is 2.28. The third-order valence-corrected chi connectivity index (χ3v) is 3.70. The van der Waals surface area contributed by atoms with Crippen LogP contribution < -0.4 is 4.74 Å². The summed E-state index contributed by atoms with van der Waals surface area (Å²) in [6.07, 6.45) is 3.80. The Balaban J connectivity index is 0.000000924. The molecule has 5 heteroatoms. The first kappa shape index (κ1) is 17.0. The van der Waals surface area contributed by atoms with Crippen molar-refractivity contribution in [1.82, 2.24) is 9.78 Å². The molecule has 122 valence electrons. The molecule has 1 aromatic heterocycles. The molecule has 1 aromatic carbocycles. The number of nitrogens with zero attached hydrogens (tertiary/aromatic N) is 3. The van der Waals surface area contributed by atoms with E-state index in [0.29, 0.717) is 17.0 Å². The van der Waals surface area contributed by atoms with Crippen molar-refractivity contribution >= 4 is 0 Å². The second-order valence-corrected chi connectivity index (χ2v) is 5.48. The Morgan fingerprint density at radius 2 is 1.96 bits per heavy atom. The van der Waals surface area contributed by atoms with Crippen molar-refractivity contribution in [3.05, 3.63) is 34.8 Å². The molecule has 0 aliphatic heterocycles. The van der Waals surface area contributed by atoms with Gasteiger partial charge in [0.1, 0.15) is 23.2 Å². The summed E-state index contributed by atoms with van der Waals surface area (Å²) in [7, 11) is 1.74. The zero-order valence-corrected chi connectivity index (χ0v) is 14.3. The van der Waals surface area contributed by atoms with Crippen molar-refractivity contribution in [2.75, 3.05) is 0 Å². The van der Waals surface area contributed by atoms with Crippen LogP contribution >= 0.6 is 0 Å². The second kappa shape index (κ2) is 6.82. The zero-order valence-electron chi connectivity index (χ0n) is 14.3. The van der Waals surface area contributed by atoms with Crippen molar-refractivity contribution in [2.24, 2.45) is 7.05 Å². The van der Waals surface area contributed by atoms with Gasteiger partial charge in [0.15, 0.2) is 0 Å². The van der Waals surface area contributed by atoms with Gasteiger partial charge >= 0.3 is 0 Å². The van der Waals surface area contributed by atoms with E-state index in [1.165, 1.54) is 0 Å². The Bertz CT molecular complexity index is 735. The van der Waals surface area contributed by atoms with Crippen molar-refractivity contribution < 1.29 is 9.13 Å². The lowest BCUT2D eigenvalue weighted by Crippen LogP contribution is -2.05. The molecule has 0 atom stereocenters. The van der Waals surface area contributed by atoms with Gasteiger partial charge in [-0.1, -0.05) is 13.8 Å². The van der Waals surface area contributed by atoms with E-state index in [0.717, 1.165) is 18.4 Å². The lowest BCUT2D eigenvalue weighted by Gasteiger charge is -2.15. The predicted molar refractivity (Wildman–Crippen MR) is 87.8 cm³/mol. The molecular weight excluding hydrogens is 293 g/mol. The van der Waals surface area contributed by atoms with Crippen molar-refractivity contribution in [3.63, 3.8) is 0 Å². The number of hydrogen-bond donors (Lipinski definition) is 0. The molecule has 0 bridgehead atoms. The molecule has 1 aliphatic carbocycles. The zero-order chi connectivity index (χ0) is 17.1. The van der Waals surface area contributed by atoms with Gasteiger partial charge in [0.25, 0.3) is 0 Å². The smallest absolute Gasteiger partial charge is 0.138 e. The number of hydrogen-bond acceptors (Lipinski definition) is 3. The Hall–Kier alpha value is -2.35. The summed E-state index contributed by atoms with van der Waals surface area (Å²) >= 11 is 0. The van der Waals surface area contributed by atoms with E-state index in [2.05, 4.69) is 11.2 Å². The normalized spacial score (nSPS) is 13.1. The highest BCUT2D eigenvalue weighted by molar-refractivity contribution is 5.75. The summed E-state index contributed by atoms with van der Waals surface area (Å²) in [5.74, 6) is 0.0795. The summed E-state index contributed by atoms with van der Waals surface area (Å²) in [6, 6.07) is 3.71. The largest absolute Gasteiger partial charge is 0.489 e. The Kier molecular flexibility index (Phi) is 5.05. The summed E-state index contributed by atoms with van der Waals surface area (Å²) in [6.45, 7) is 7.54. The number of halogens is 1. The molecule has 1 saturated carbocycles. The fourth-order valence-electron chi connectivity index (χ4n) is 2.46. The van der Waals surface area contributed by atoms with E-state index >= 15 is 0 Å². The van der Waals surface area contributed by atoms with Gasteiger partial charge in [0, 0.05) is 7.05 Å². The molecule has 1 fully saturated rings. The molecule has 0 spiro atoms. The minimum absolute atomic E-state index is 0.155. The van der Waals surface area contributed by atoms with Crippen LogP contribution in [0.2, 0.25) is 0 Å². The Morgan fingerprint density at radius 1 is 1.30 bits per heavy atom. The minimum atomic E-state index is -0.388. The lowest BCUT2D eigenvalue weighted by molar-refractivity contribution is 0.301. The summed E-state index contributed by atoms with van der Waals surface area (Å²) in [5, 5.41) is 13.6. The van der Waals surface area contributed by atoms with Crippen molar-refractivity contribution in [2.45, 2.75) is 46.6 Å². The summed E-state index contributed by atoms with van der Waals surface area (Å²) in [5.41, 5.74) is 2.45. The molecule has 0 N–H and O–H groups in total. The molecular formula is C18H22FN3O. The average molecular weight is 315 g/mol. The molecule has 0 amide bonds. The van der Waals surface area contributed by atoms with Crippen molar-refractivity contribution in [1.29, 1.82) is 5.26 Å². The maximum absolute atomic E-state index is 14.7. The molecule has 1 aliphatic rings. The van der Waals surface area contributed by atoms with Crippen LogP contribution in [0.5, 0.6) is 5.75 Å². The van der Waals surface area contributed by atoms with Crippen LogP contribution in [0.25, 0.3) is 11.3 Å². The summed E-state index contributed by atoms with van der Waals surface area (Å²) in [4.78, 5) is 0. The highest BCUT2D eigenvalue weighted by atomic mass is 19.1. The van der Waals surface area contributed by atoms with E-state index in [-0.39, 0.29) is 23.0 Å². The van der Waals surface area contributed by atoms with E-state index < -0.39 is 0 Å². The average Bonchev–Trinajstić information content (AvgIpc) is 3.30. The monoisotopic (exact) mass is 315 g/mol. The number of benzene rings is 1. The van der Waals surface area contributed by atoms with Crippen molar-refractivity contribution in [3.8, 4) is 23.1 Å². The van der Waals surface area contributed by atoms with Gasteiger partial charge < -0.3 is 4.74 Å². The van der Waals surface area contributed by atoms with Gasteiger partial charge in [0.2, 0.25) is 0 Å². The van der Waals surface area contributed by atoms with E-state index in [1.807, 2.05) is 20.8 Å². The van der Waals surface area contributed by atoms with Gasteiger partial charge in [-0.05, 0) is 43.9 Å². The standard InChI is InChI=1S/C16H16FN3O.C2H6/c1-9-6-13(21-11-4-5-11)12(7-18)14(15(9)17)16-10(2)8-19-20(16)3;1-2/h6,8,11H,4-5H2,1-3H3;1-2H3. The maximum Gasteiger partial charge on any atom is 0.138 e. The van der Waals surface area contributed by atoms with Crippen LogP contribution in [0.4, 0.5) is 4.39 Å². The topological polar surface area (TPSA) is 50.8 Å². The van der Waals surface area contributed by atoms with E-state index in [1.54, 1.807) is 30.9 Å². The number of aromatic nitrogens is 2. The van der Waals surface area contributed by atoms with Crippen LogP contribution in [-0.2, 0) is 7.05 Å². The number of rotatable bonds is 3. The number of ether oxygens (including phenoxy) is 1. The van der Waals surface area contributed by atoms with Crippen LogP contribution in [0, 0.1) is 31.0 Å². The molecule has 1 heterocycles. The van der Waals surface area contributed by atoms with Crippen LogP contribution in [0.1, 0.15) is 43.4 Å². The lowest BCUT2D eigenvalue weighted by atomic mass is 9.98. The molecule has 0 saturated heterocycles. The third kappa shape index (κ3) is 3.21. The fraction of sp³-hybridized carbons (Fsp3) is 0.444. The first-order valence-electron chi connectivity index (χ1n) is 7.91. The van der Waals surface area contributed by atoms with Crippen LogP contribution in [0.15, 0.2) is 12.3 Å². The first-order valence-corrected chi connectivity index (χ1v) is 7.91. The van der Waals surface area contributed by atoms with Gasteiger partial charge in [-0.25, -0.2) is 4.39 Å². The third-order valence-electron chi connectivity index (χ3n) is 3.70. The summed E-state index contributed by atoms with van der Waals surface area (Å²) < 4.78 is 22.0. The first-order chi connectivity index (χ1) is 11.0. The Labute approximate surface area is 136 Å². The molecule has 23 heavy (non-hydrogen) atoms. The van der Waals surface area contributed by atoms with Gasteiger partial charge in [-0.3, -0.25) is 4.68 Å². The molecule has 4 nitrogen and oxygen atoms in total. The van der Waals surface area contributed by atoms with Gasteiger partial charge in [-0.2, -0.15) is 10.4 Å². The number of nitriles is 1. The molecule has 2 aromatic rings. The Morgan fingerprint density at radius 3 is 2.43 bits per heavy atom. The SMILES string of the molecule is CC.Cc1cc(OC2CC2)c(C#N)c(-c2c(C)cnn2C)c1F. The molecule has 3 rings (SSSR count). The second-order valence-electron chi connectivity index (χ2n) is 5.48. The van der Waals surface area contributed by atoms with E-state index in [4.69, 9.17) is 4.74 Å². The fourth-order valence-corrected chi connectivity index (χ4v) is 2.46. The molecule has 0 radical (unpaired) electrons. The quantitative estimate of drug-likeness (QED) is 0.849. The van der Waals surface area contributed by atoms with Crippen LogP contribution in [-0.4, -0.2) is 15.9 Å². The molecule has 0 unspecified atom stereocenters. The number of aryl methyl sites for hydroxylation is 3.